The number of piperazine rings is 1. The van der Waals surface area contributed by atoms with Gasteiger partial charge in [-0.3, -0.25) is 14.5 Å². The third-order valence-electron chi connectivity index (χ3n) is 4.65. The van der Waals surface area contributed by atoms with Gasteiger partial charge in [0.1, 0.15) is 6.04 Å². The van der Waals surface area contributed by atoms with Crippen LogP contribution >= 0.6 is 0 Å². The van der Waals surface area contributed by atoms with Crippen LogP contribution in [0.3, 0.4) is 0 Å². The molecule has 1 saturated heterocycles. The van der Waals surface area contributed by atoms with E-state index in [1.165, 1.54) is 0 Å². The van der Waals surface area contributed by atoms with Crippen LogP contribution in [0.15, 0.2) is 24.3 Å². The van der Waals surface area contributed by atoms with Crippen LogP contribution in [0.25, 0.3) is 0 Å². The second-order valence-electron chi connectivity index (χ2n) is 6.09. The van der Waals surface area contributed by atoms with Crippen molar-refractivity contribution in [2.45, 2.75) is 25.8 Å². The fourth-order valence-corrected chi connectivity index (χ4v) is 3.30. The third kappa shape index (κ3) is 2.61. The van der Waals surface area contributed by atoms with Gasteiger partial charge in [0.2, 0.25) is 11.8 Å². The fraction of sp³-hybridized carbons (Fsp3) is 0.529. The first-order valence-corrected chi connectivity index (χ1v) is 7.99. The molecule has 0 radical (unpaired) electrons. The van der Waals surface area contributed by atoms with Gasteiger partial charge in [0.25, 0.3) is 0 Å². The summed E-state index contributed by atoms with van der Waals surface area (Å²) in [4.78, 5) is 31.1. The lowest BCUT2D eigenvalue weighted by atomic mass is 10.1. The predicted octanol–water partition coefficient (Wildman–Crippen LogP) is 1.13. The highest BCUT2D eigenvalue weighted by Crippen LogP contribution is 2.33. The van der Waals surface area contributed by atoms with Crippen LogP contribution in [0.5, 0.6) is 0 Å². The maximum absolute atomic E-state index is 12.9. The average Bonchev–Trinajstić information content (AvgIpc) is 2.93. The average molecular weight is 301 g/mol. The van der Waals surface area contributed by atoms with E-state index in [1.54, 1.807) is 4.90 Å². The number of anilines is 1. The van der Waals surface area contributed by atoms with E-state index >= 15 is 0 Å². The molecule has 0 spiro atoms. The van der Waals surface area contributed by atoms with Gasteiger partial charge in [-0.2, -0.15) is 0 Å². The molecule has 2 aliphatic heterocycles. The summed E-state index contributed by atoms with van der Waals surface area (Å²) in [6.07, 6.45) is 1.05. The number of likely N-dealkylation sites (N-methyl/N-ethyl adjacent to an activating group) is 1. The number of para-hydroxylation sites is 1. The topological polar surface area (TPSA) is 43.9 Å². The van der Waals surface area contributed by atoms with Gasteiger partial charge in [0.15, 0.2) is 0 Å². The Balaban J connectivity index is 1.83. The number of rotatable bonds is 2. The molecule has 0 aliphatic carbocycles. The number of carbonyl (C=O) groups is 2. The quantitative estimate of drug-likeness (QED) is 0.822. The van der Waals surface area contributed by atoms with Gasteiger partial charge in [0, 0.05) is 44.7 Å². The Bertz CT molecular complexity index is 579. The second-order valence-corrected chi connectivity index (χ2v) is 6.09. The maximum atomic E-state index is 12.9. The summed E-state index contributed by atoms with van der Waals surface area (Å²) in [6, 6.07) is 7.49. The number of amides is 2. The van der Waals surface area contributed by atoms with Crippen LogP contribution < -0.4 is 4.90 Å². The highest BCUT2D eigenvalue weighted by molar-refractivity contribution is 6.03. The van der Waals surface area contributed by atoms with Crippen molar-refractivity contribution in [1.82, 2.24) is 9.80 Å². The summed E-state index contributed by atoms with van der Waals surface area (Å²) < 4.78 is 0. The summed E-state index contributed by atoms with van der Waals surface area (Å²) in [5, 5.41) is 0. The number of carbonyl (C=O) groups excluding carboxylic acids is 2. The van der Waals surface area contributed by atoms with Crippen molar-refractivity contribution >= 4 is 17.5 Å². The van der Waals surface area contributed by atoms with E-state index in [2.05, 4.69) is 11.9 Å². The van der Waals surface area contributed by atoms with E-state index in [-0.39, 0.29) is 17.9 Å². The lowest BCUT2D eigenvalue weighted by Crippen LogP contribution is -2.54. The van der Waals surface area contributed by atoms with Gasteiger partial charge in [-0.1, -0.05) is 25.1 Å². The van der Waals surface area contributed by atoms with E-state index in [0.717, 1.165) is 37.4 Å². The summed E-state index contributed by atoms with van der Waals surface area (Å²) in [5.41, 5.74) is 2.00. The first-order valence-electron chi connectivity index (χ1n) is 7.99. The van der Waals surface area contributed by atoms with Crippen LogP contribution in [0, 0.1) is 0 Å². The predicted molar refractivity (Wildman–Crippen MR) is 85.8 cm³/mol. The van der Waals surface area contributed by atoms with Crippen molar-refractivity contribution in [1.29, 1.82) is 0 Å². The first kappa shape index (κ1) is 15.0. The number of hydrogen-bond acceptors (Lipinski definition) is 3. The molecule has 2 heterocycles. The molecular formula is C17H23N3O2. The SMILES string of the molecule is CCC(=O)N1c2ccccc2C[C@H]1C(=O)N1CCN(C)CC1. The molecule has 1 aromatic carbocycles. The third-order valence-corrected chi connectivity index (χ3v) is 4.65. The zero-order valence-corrected chi connectivity index (χ0v) is 13.3. The monoisotopic (exact) mass is 301 g/mol. The Labute approximate surface area is 131 Å². The molecule has 0 saturated carbocycles. The molecule has 0 aromatic heterocycles. The van der Waals surface area contributed by atoms with Crippen LogP contribution in [0.1, 0.15) is 18.9 Å². The van der Waals surface area contributed by atoms with Crippen LogP contribution in [0.4, 0.5) is 5.69 Å². The van der Waals surface area contributed by atoms with Gasteiger partial charge in [-0.15, -0.1) is 0 Å². The van der Waals surface area contributed by atoms with Crippen molar-refractivity contribution in [2.24, 2.45) is 0 Å². The number of hydrogen-bond donors (Lipinski definition) is 0. The first-order chi connectivity index (χ1) is 10.6. The van der Waals surface area contributed by atoms with Gasteiger partial charge in [-0.05, 0) is 18.7 Å². The molecule has 5 heteroatoms. The Morgan fingerprint density at radius 2 is 1.82 bits per heavy atom. The molecule has 5 nitrogen and oxygen atoms in total. The maximum Gasteiger partial charge on any atom is 0.246 e. The molecule has 22 heavy (non-hydrogen) atoms. The number of benzene rings is 1. The van der Waals surface area contributed by atoms with Crippen molar-refractivity contribution in [2.75, 3.05) is 38.1 Å². The van der Waals surface area contributed by atoms with E-state index in [4.69, 9.17) is 0 Å². The molecule has 1 fully saturated rings. The van der Waals surface area contributed by atoms with Crippen LogP contribution in [0.2, 0.25) is 0 Å². The minimum atomic E-state index is -0.367. The Hall–Kier alpha value is -1.88. The van der Waals surface area contributed by atoms with Crippen molar-refractivity contribution < 1.29 is 9.59 Å². The van der Waals surface area contributed by atoms with Gasteiger partial charge >= 0.3 is 0 Å². The van der Waals surface area contributed by atoms with Crippen molar-refractivity contribution in [3.05, 3.63) is 29.8 Å². The Morgan fingerprint density at radius 3 is 2.50 bits per heavy atom. The van der Waals surface area contributed by atoms with E-state index in [1.807, 2.05) is 36.1 Å². The van der Waals surface area contributed by atoms with Crippen molar-refractivity contribution in [3.63, 3.8) is 0 Å². The van der Waals surface area contributed by atoms with Gasteiger partial charge in [0.05, 0.1) is 0 Å². The second kappa shape index (κ2) is 6.08. The molecule has 0 unspecified atom stereocenters. The lowest BCUT2D eigenvalue weighted by Gasteiger charge is -2.36. The number of nitrogens with zero attached hydrogens (tertiary/aromatic N) is 3. The smallest absolute Gasteiger partial charge is 0.246 e. The molecule has 1 atom stereocenters. The van der Waals surface area contributed by atoms with Crippen molar-refractivity contribution in [3.8, 4) is 0 Å². The van der Waals surface area contributed by atoms with Gasteiger partial charge < -0.3 is 9.80 Å². The van der Waals surface area contributed by atoms with Crippen LogP contribution in [-0.4, -0.2) is 60.9 Å². The Morgan fingerprint density at radius 1 is 1.14 bits per heavy atom. The van der Waals surface area contributed by atoms with Gasteiger partial charge in [-0.25, -0.2) is 0 Å². The largest absolute Gasteiger partial charge is 0.338 e. The minimum absolute atomic E-state index is 0.0254. The lowest BCUT2D eigenvalue weighted by molar-refractivity contribution is -0.135. The zero-order valence-electron chi connectivity index (χ0n) is 13.3. The zero-order chi connectivity index (χ0) is 15.7. The molecule has 0 bridgehead atoms. The fourth-order valence-electron chi connectivity index (χ4n) is 3.30. The normalized spacial score (nSPS) is 21.8. The van der Waals surface area contributed by atoms with E-state index in [9.17, 15) is 9.59 Å². The summed E-state index contributed by atoms with van der Waals surface area (Å²) in [6.45, 7) is 5.13. The molecule has 0 N–H and O–H groups in total. The molecule has 2 aliphatic rings. The highest BCUT2D eigenvalue weighted by atomic mass is 16.2. The van der Waals surface area contributed by atoms with E-state index in [0.29, 0.717) is 12.8 Å². The molecule has 3 rings (SSSR count). The minimum Gasteiger partial charge on any atom is -0.338 e. The van der Waals surface area contributed by atoms with Crippen LogP contribution in [-0.2, 0) is 16.0 Å². The summed E-state index contributed by atoms with van der Waals surface area (Å²) in [5.74, 6) is 0.114. The molecular weight excluding hydrogens is 278 g/mol. The number of fused-ring (bicyclic) bond motifs is 1. The summed E-state index contributed by atoms with van der Waals surface area (Å²) >= 11 is 0. The molecule has 1 aromatic rings. The summed E-state index contributed by atoms with van der Waals surface area (Å²) in [7, 11) is 2.07. The highest BCUT2D eigenvalue weighted by Gasteiger charge is 2.39. The molecule has 2 amide bonds. The Kier molecular flexibility index (Phi) is 4.16. The van der Waals surface area contributed by atoms with E-state index < -0.39 is 0 Å². The molecule has 118 valence electrons. The standard InChI is InChI=1S/C17H23N3O2/c1-3-16(21)20-14-7-5-4-6-13(14)12-15(20)17(22)19-10-8-18(2)9-11-19/h4-7,15H,3,8-12H2,1-2H3/t15-/m0/s1.